The van der Waals surface area contributed by atoms with E-state index in [4.69, 9.17) is 0 Å². The molecule has 1 aliphatic heterocycles. The minimum absolute atomic E-state index is 0.161. The Balaban J connectivity index is 1.83. The van der Waals surface area contributed by atoms with E-state index < -0.39 is 0 Å². The second-order valence-electron chi connectivity index (χ2n) is 7.85. The first-order valence-corrected chi connectivity index (χ1v) is 8.58. The molecule has 1 atom stereocenters. The van der Waals surface area contributed by atoms with Gasteiger partial charge in [-0.3, -0.25) is 0 Å². The summed E-state index contributed by atoms with van der Waals surface area (Å²) in [4.78, 5) is 2.56. The highest BCUT2D eigenvalue weighted by Gasteiger charge is 2.37. The highest BCUT2D eigenvalue weighted by Crippen LogP contribution is 2.44. The zero-order valence-electron chi connectivity index (χ0n) is 13.7. The molecule has 1 aliphatic carbocycles. The van der Waals surface area contributed by atoms with Crippen LogP contribution in [-0.2, 0) is 0 Å². The van der Waals surface area contributed by atoms with Gasteiger partial charge < -0.3 is 15.3 Å². The van der Waals surface area contributed by atoms with E-state index in [1.165, 1.54) is 58.0 Å². The van der Waals surface area contributed by atoms with Crippen molar-refractivity contribution in [3.63, 3.8) is 0 Å². The summed E-state index contributed by atoms with van der Waals surface area (Å²) in [6, 6.07) is 0.418. The molecule has 1 saturated heterocycles. The SMILES string of the molecule is CC(C)NC(C)(CO)CN1CCC2(CCCCC2)CC1. The predicted molar refractivity (Wildman–Crippen MR) is 85.0 cm³/mol. The number of rotatable bonds is 5. The topological polar surface area (TPSA) is 35.5 Å². The molecule has 1 unspecified atom stereocenters. The van der Waals surface area contributed by atoms with Crippen molar-refractivity contribution in [2.24, 2.45) is 5.41 Å². The average Bonchev–Trinajstić information content (AvgIpc) is 2.42. The van der Waals surface area contributed by atoms with Gasteiger partial charge in [-0.15, -0.1) is 0 Å². The Hall–Kier alpha value is -0.120. The molecule has 0 radical (unpaired) electrons. The van der Waals surface area contributed by atoms with Crippen molar-refractivity contribution in [3.8, 4) is 0 Å². The van der Waals surface area contributed by atoms with Gasteiger partial charge in [-0.05, 0) is 51.1 Å². The second-order valence-corrected chi connectivity index (χ2v) is 7.85. The minimum atomic E-state index is -0.161. The van der Waals surface area contributed by atoms with Gasteiger partial charge in [-0.1, -0.05) is 33.1 Å². The van der Waals surface area contributed by atoms with Crippen LogP contribution in [0.3, 0.4) is 0 Å². The molecule has 0 aromatic rings. The number of aliphatic hydroxyl groups excluding tert-OH is 1. The summed E-state index contributed by atoms with van der Waals surface area (Å²) in [7, 11) is 0. The summed E-state index contributed by atoms with van der Waals surface area (Å²) < 4.78 is 0. The molecule has 3 heteroatoms. The lowest BCUT2D eigenvalue weighted by Crippen LogP contribution is -2.57. The largest absolute Gasteiger partial charge is 0.394 e. The molecule has 0 aromatic heterocycles. The van der Waals surface area contributed by atoms with E-state index >= 15 is 0 Å². The van der Waals surface area contributed by atoms with Crippen LogP contribution < -0.4 is 5.32 Å². The van der Waals surface area contributed by atoms with Crippen LogP contribution in [0.25, 0.3) is 0 Å². The van der Waals surface area contributed by atoms with Gasteiger partial charge in [0.25, 0.3) is 0 Å². The highest BCUT2D eigenvalue weighted by molar-refractivity contribution is 4.93. The fourth-order valence-electron chi connectivity index (χ4n) is 4.32. The molecule has 2 N–H and O–H groups in total. The first kappa shape index (κ1) is 16.3. The van der Waals surface area contributed by atoms with Crippen LogP contribution >= 0.6 is 0 Å². The van der Waals surface area contributed by atoms with E-state index in [0.717, 1.165) is 6.54 Å². The number of aliphatic hydroxyl groups is 1. The maximum atomic E-state index is 9.72. The van der Waals surface area contributed by atoms with Crippen molar-refractivity contribution in [2.75, 3.05) is 26.2 Å². The van der Waals surface area contributed by atoms with Gasteiger partial charge in [0.1, 0.15) is 0 Å². The Bertz CT molecular complexity index is 289. The first-order chi connectivity index (χ1) is 9.47. The number of hydrogen-bond donors (Lipinski definition) is 2. The van der Waals surface area contributed by atoms with Gasteiger partial charge in [-0.2, -0.15) is 0 Å². The first-order valence-electron chi connectivity index (χ1n) is 8.58. The Morgan fingerprint density at radius 3 is 2.20 bits per heavy atom. The van der Waals surface area contributed by atoms with Crippen molar-refractivity contribution >= 4 is 0 Å². The van der Waals surface area contributed by atoms with Gasteiger partial charge in [0.15, 0.2) is 0 Å². The van der Waals surface area contributed by atoms with Gasteiger partial charge in [0, 0.05) is 12.6 Å². The van der Waals surface area contributed by atoms with Crippen LogP contribution in [-0.4, -0.2) is 47.8 Å². The average molecular weight is 282 g/mol. The van der Waals surface area contributed by atoms with Gasteiger partial charge in [0.2, 0.25) is 0 Å². The van der Waals surface area contributed by atoms with Crippen LogP contribution in [0.5, 0.6) is 0 Å². The lowest BCUT2D eigenvalue weighted by molar-refractivity contribution is 0.0400. The summed E-state index contributed by atoms with van der Waals surface area (Å²) >= 11 is 0. The van der Waals surface area contributed by atoms with E-state index in [1.807, 2.05) is 0 Å². The van der Waals surface area contributed by atoms with Crippen LogP contribution in [0, 0.1) is 5.41 Å². The number of nitrogens with zero attached hydrogens (tertiary/aromatic N) is 1. The van der Waals surface area contributed by atoms with E-state index in [9.17, 15) is 5.11 Å². The highest BCUT2D eigenvalue weighted by atomic mass is 16.3. The van der Waals surface area contributed by atoms with Crippen molar-refractivity contribution in [1.82, 2.24) is 10.2 Å². The smallest absolute Gasteiger partial charge is 0.0623 e. The molecule has 2 rings (SSSR count). The van der Waals surface area contributed by atoms with Gasteiger partial charge in [0.05, 0.1) is 12.1 Å². The second kappa shape index (κ2) is 6.76. The Labute approximate surface area is 125 Å². The molecule has 2 aliphatic rings. The van der Waals surface area contributed by atoms with Crippen LogP contribution in [0.2, 0.25) is 0 Å². The number of piperidine rings is 1. The molecule has 0 bridgehead atoms. The third-order valence-corrected chi connectivity index (χ3v) is 5.39. The predicted octanol–water partition coefficient (Wildman–Crippen LogP) is 2.78. The maximum absolute atomic E-state index is 9.72. The third-order valence-electron chi connectivity index (χ3n) is 5.39. The molecule has 1 heterocycles. The lowest BCUT2D eigenvalue weighted by Gasteiger charge is -2.46. The van der Waals surface area contributed by atoms with Crippen molar-refractivity contribution in [3.05, 3.63) is 0 Å². The molecule has 2 fully saturated rings. The molecule has 1 saturated carbocycles. The number of hydrogen-bond acceptors (Lipinski definition) is 3. The number of likely N-dealkylation sites (tertiary alicyclic amines) is 1. The summed E-state index contributed by atoms with van der Waals surface area (Å²) in [5, 5.41) is 13.3. The normalized spacial score (nSPS) is 26.9. The summed E-state index contributed by atoms with van der Waals surface area (Å²) in [5.41, 5.74) is 0.515. The zero-order chi connectivity index (χ0) is 14.6. The van der Waals surface area contributed by atoms with E-state index in [2.05, 4.69) is 31.0 Å². The van der Waals surface area contributed by atoms with Crippen LogP contribution in [0.1, 0.15) is 65.7 Å². The Kier molecular flexibility index (Phi) is 5.49. The van der Waals surface area contributed by atoms with E-state index in [1.54, 1.807) is 0 Å². The number of nitrogens with one attached hydrogen (secondary N) is 1. The molecular weight excluding hydrogens is 248 g/mol. The standard InChI is InChI=1S/C17H34N2O/c1-15(2)18-16(3,14-20)13-19-11-9-17(10-12-19)7-5-4-6-8-17/h15,18,20H,4-14H2,1-3H3. The van der Waals surface area contributed by atoms with Crippen molar-refractivity contribution in [2.45, 2.75) is 77.3 Å². The molecule has 20 heavy (non-hydrogen) atoms. The fourth-order valence-corrected chi connectivity index (χ4v) is 4.32. The molecule has 0 aromatic carbocycles. The molecule has 0 amide bonds. The van der Waals surface area contributed by atoms with E-state index in [-0.39, 0.29) is 12.1 Å². The third kappa shape index (κ3) is 4.19. The molecule has 1 spiro atoms. The Morgan fingerprint density at radius 2 is 1.70 bits per heavy atom. The molecular formula is C17H34N2O. The fraction of sp³-hybridized carbons (Fsp3) is 1.00. The maximum Gasteiger partial charge on any atom is 0.0623 e. The van der Waals surface area contributed by atoms with Crippen molar-refractivity contribution < 1.29 is 5.11 Å². The zero-order valence-corrected chi connectivity index (χ0v) is 13.7. The Morgan fingerprint density at radius 1 is 1.10 bits per heavy atom. The van der Waals surface area contributed by atoms with E-state index in [0.29, 0.717) is 11.5 Å². The molecule has 3 nitrogen and oxygen atoms in total. The van der Waals surface area contributed by atoms with Crippen LogP contribution in [0.4, 0.5) is 0 Å². The van der Waals surface area contributed by atoms with Crippen molar-refractivity contribution in [1.29, 1.82) is 0 Å². The van der Waals surface area contributed by atoms with Gasteiger partial charge in [-0.25, -0.2) is 0 Å². The van der Waals surface area contributed by atoms with Gasteiger partial charge >= 0.3 is 0 Å². The molecule has 118 valence electrons. The monoisotopic (exact) mass is 282 g/mol. The summed E-state index contributed by atoms with van der Waals surface area (Å²) in [6.45, 7) is 10.1. The summed E-state index contributed by atoms with van der Waals surface area (Å²) in [5.74, 6) is 0. The quantitative estimate of drug-likeness (QED) is 0.814. The minimum Gasteiger partial charge on any atom is -0.394 e. The van der Waals surface area contributed by atoms with Crippen LogP contribution in [0.15, 0.2) is 0 Å². The lowest BCUT2D eigenvalue weighted by atomic mass is 9.68. The summed E-state index contributed by atoms with van der Waals surface area (Å²) in [6.07, 6.45) is 10.0.